The molecule has 1 aliphatic rings. The molecule has 19 heavy (non-hydrogen) atoms. The summed E-state index contributed by atoms with van der Waals surface area (Å²) in [6.45, 7) is 13.1. The van der Waals surface area contributed by atoms with Crippen molar-refractivity contribution in [3.05, 3.63) is 23.2 Å². The highest BCUT2D eigenvalue weighted by molar-refractivity contribution is 5.20. The van der Waals surface area contributed by atoms with Crippen LogP contribution in [-0.4, -0.2) is 49.1 Å². The molecule has 1 atom stereocenters. The van der Waals surface area contributed by atoms with Crippen LogP contribution in [0.25, 0.3) is 0 Å². The van der Waals surface area contributed by atoms with Crippen molar-refractivity contribution in [3.63, 3.8) is 0 Å². The molecule has 2 rings (SSSR count). The van der Waals surface area contributed by atoms with Crippen LogP contribution in [0.4, 0.5) is 0 Å². The summed E-state index contributed by atoms with van der Waals surface area (Å²) in [5.41, 5.74) is 1.34. The summed E-state index contributed by atoms with van der Waals surface area (Å²) in [5, 5.41) is 3.13. The van der Waals surface area contributed by atoms with Gasteiger partial charge in [-0.15, -0.1) is 0 Å². The third kappa shape index (κ3) is 3.59. The van der Waals surface area contributed by atoms with E-state index in [1.807, 2.05) is 7.05 Å². The second-order valence-corrected chi connectivity index (χ2v) is 5.54. The number of nitrogens with one attached hydrogen (secondary N) is 1. The topological polar surface area (TPSA) is 31.6 Å². The van der Waals surface area contributed by atoms with Crippen molar-refractivity contribution in [2.24, 2.45) is 0 Å². The smallest absolute Gasteiger partial charge is 0.118 e. The SMILES string of the molecule is CCN1CCN(Cc2cc(CNC)oc2C)CC1C. The molecule has 2 heterocycles. The van der Waals surface area contributed by atoms with Gasteiger partial charge < -0.3 is 9.73 Å². The number of furan rings is 1. The highest BCUT2D eigenvalue weighted by Crippen LogP contribution is 2.19. The molecule has 0 bridgehead atoms. The molecule has 4 nitrogen and oxygen atoms in total. The molecule has 1 aliphatic heterocycles. The molecule has 0 radical (unpaired) electrons. The van der Waals surface area contributed by atoms with Crippen molar-refractivity contribution < 1.29 is 4.42 Å². The van der Waals surface area contributed by atoms with E-state index in [0.717, 1.165) is 44.2 Å². The predicted molar refractivity (Wildman–Crippen MR) is 78.2 cm³/mol. The summed E-state index contributed by atoms with van der Waals surface area (Å²) >= 11 is 0. The van der Waals surface area contributed by atoms with Crippen LogP contribution >= 0.6 is 0 Å². The summed E-state index contributed by atoms with van der Waals surface area (Å²) in [4.78, 5) is 5.09. The highest BCUT2D eigenvalue weighted by atomic mass is 16.3. The quantitative estimate of drug-likeness (QED) is 0.880. The Morgan fingerprint density at radius 2 is 2.21 bits per heavy atom. The maximum Gasteiger partial charge on any atom is 0.118 e. The average Bonchev–Trinajstić information content (AvgIpc) is 2.70. The Kier molecular flexibility index (Phi) is 5.02. The molecule has 1 unspecified atom stereocenters. The van der Waals surface area contributed by atoms with Crippen LogP contribution in [0.1, 0.15) is 30.9 Å². The maximum absolute atomic E-state index is 5.77. The second-order valence-electron chi connectivity index (χ2n) is 5.54. The fourth-order valence-electron chi connectivity index (χ4n) is 2.93. The zero-order valence-corrected chi connectivity index (χ0v) is 12.7. The Balaban J connectivity index is 1.94. The van der Waals surface area contributed by atoms with E-state index >= 15 is 0 Å². The Labute approximate surface area is 116 Å². The van der Waals surface area contributed by atoms with Gasteiger partial charge in [0.2, 0.25) is 0 Å². The Morgan fingerprint density at radius 1 is 1.42 bits per heavy atom. The van der Waals surface area contributed by atoms with E-state index in [1.54, 1.807) is 0 Å². The van der Waals surface area contributed by atoms with Gasteiger partial charge in [0.15, 0.2) is 0 Å². The molecule has 0 aliphatic carbocycles. The largest absolute Gasteiger partial charge is 0.465 e. The fraction of sp³-hybridized carbons (Fsp3) is 0.733. The number of hydrogen-bond acceptors (Lipinski definition) is 4. The van der Waals surface area contributed by atoms with E-state index in [9.17, 15) is 0 Å². The van der Waals surface area contributed by atoms with Crippen LogP contribution in [0.2, 0.25) is 0 Å². The standard InChI is InChI=1S/C15H27N3O/c1-5-18-7-6-17(10-12(18)2)11-14-8-15(9-16-4)19-13(14)3/h8,12,16H,5-7,9-11H2,1-4H3. The van der Waals surface area contributed by atoms with E-state index in [1.165, 1.54) is 12.1 Å². The molecule has 1 fully saturated rings. The second kappa shape index (κ2) is 6.55. The molecule has 1 saturated heterocycles. The molecule has 0 aromatic carbocycles. The van der Waals surface area contributed by atoms with Gasteiger partial charge in [-0.05, 0) is 33.5 Å². The highest BCUT2D eigenvalue weighted by Gasteiger charge is 2.23. The lowest BCUT2D eigenvalue weighted by Gasteiger charge is -2.39. The normalized spacial score (nSPS) is 22.0. The maximum atomic E-state index is 5.77. The molecule has 0 amide bonds. The van der Waals surface area contributed by atoms with Crippen molar-refractivity contribution in [3.8, 4) is 0 Å². The van der Waals surface area contributed by atoms with Gasteiger partial charge in [0, 0.05) is 37.8 Å². The molecule has 1 N–H and O–H groups in total. The first-order valence-electron chi connectivity index (χ1n) is 7.33. The summed E-state index contributed by atoms with van der Waals surface area (Å²) in [7, 11) is 1.95. The Bertz CT molecular complexity index is 402. The number of aryl methyl sites for hydroxylation is 1. The first-order chi connectivity index (χ1) is 9.13. The van der Waals surface area contributed by atoms with Gasteiger partial charge in [-0.3, -0.25) is 9.80 Å². The number of rotatable bonds is 5. The van der Waals surface area contributed by atoms with E-state index in [4.69, 9.17) is 4.42 Å². The van der Waals surface area contributed by atoms with Gasteiger partial charge in [-0.25, -0.2) is 0 Å². The first-order valence-corrected chi connectivity index (χ1v) is 7.33. The zero-order valence-electron chi connectivity index (χ0n) is 12.7. The lowest BCUT2D eigenvalue weighted by atomic mass is 10.1. The van der Waals surface area contributed by atoms with Gasteiger partial charge in [0.05, 0.1) is 6.54 Å². The van der Waals surface area contributed by atoms with Crippen LogP contribution in [-0.2, 0) is 13.1 Å². The molecule has 4 heteroatoms. The molecular formula is C15H27N3O. The zero-order chi connectivity index (χ0) is 13.8. The van der Waals surface area contributed by atoms with Gasteiger partial charge >= 0.3 is 0 Å². The molecule has 0 spiro atoms. The van der Waals surface area contributed by atoms with E-state index in [-0.39, 0.29) is 0 Å². The minimum absolute atomic E-state index is 0.655. The number of nitrogens with zero attached hydrogens (tertiary/aromatic N) is 2. The monoisotopic (exact) mass is 265 g/mol. The number of hydrogen-bond donors (Lipinski definition) is 1. The van der Waals surface area contributed by atoms with Gasteiger partial charge in [-0.2, -0.15) is 0 Å². The van der Waals surface area contributed by atoms with E-state index in [2.05, 4.69) is 42.0 Å². The summed E-state index contributed by atoms with van der Waals surface area (Å²) in [6, 6.07) is 2.85. The van der Waals surface area contributed by atoms with Crippen LogP contribution in [0.3, 0.4) is 0 Å². The van der Waals surface area contributed by atoms with Crippen molar-refractivity contribution in [1.29, 1.82) is 0 Å². The Morgan fingerprint density at radius 3 is 2.84 bits per heavy atom. The van der Waals surface area contributed by atoms with Crippen LogP contribution < -0.4 is 5.32 Å². The third-order valence-corrected chi connectivity index (χ3v) is 4.07. The van der Waals surface area contributed by atoms with Gasteiger partial charge in [-0.1, -0.05) is 6.92 Å². The fourth-order valence-corrected chi connectivity index (χ4v) is 2.93. The predicted octanol–water partition coefficient (Wildman–Crippen LogP) is 1.83. The van der Waals surface area contributed by atoms with E-state index < -0.39 is 0 Å². The number of likely N-dealkylation sites (N-methyl/N-ethyl adjacent to an activating group) is 1. The van der Waals surface area contributed by atoms with Crippen molar-refractivity contribution in [2.45, 2.75) is 39.9 Å². The molecule has 0 saturated carbocycles. The molecular weight excluding hydrogens is 238 g/mol. The molecule has 108 valence electrons. The van der Waals surface area contributed by atoms with Crippen molar-refractivity contribution >= 4 is 0 Å². The van der Waals surface area contributed by atoms with Crippen LogP contribution in [0.5, 0.6) is 0 Å². The van der Waals surface area contributed by atoms with Gasteiger partial charge in [0.25, 0.3) is 0 Å². The summed E-state index contributed by atoms with van der Waals surface area (Å²) in [6.07, 6.45) is 0. The molecule has 1 aromatic heterocycles. The molecule has 1 aromatic rings. The van der Waals surface area contributed by atoms with Gasteiger partial charge in [0.1, 0.15) is 11.5 Å². The summed E-state index contributed by atoms with van der Waals surface area (Å²) in [5.74, 6) is 2.10. The Hall–Kier alpha value is -0.840. The average molecular weight is 265 g/mol. The van der Waals surface area contributed by atoms with Crippen LogP contribution in [0.15, 0.2) is 10.5 Å². The minimum atomic E-state index is 0.655. The lowest BCUT2D eigenvalue weighted by molar-refractivity contribution is 0.0831. The number of piperazine rings is 1. The minimum Gasteiger partial charge on any atom is -0.465 e. The van der Waals surface area contributed by atoms with Crippen LogP contribution in [0, 0.1) is 6.92 Å². The summed E-state index contributed by atoms with van der Waals surface area (Å²) < 4.78 is 5.77. The van der Waals surface area contributed by atoms with Crippen molar-refractivity contribution in [2.75, 3.05) is 33.2 Å². The third-order valence-electron chi connectivity index (χ3n) is 4.07. The first kappa shape index (κ1) is 14.6. The van der Waals surface area contributed by atoms with E-state index in [0.29, 0.717) is 6.04 Å². The lowest BCUT2D eigenvalue weighted by Crippen LogP contribution is -2.51. The van der Waals surface area contributed by atoms with Crippen molar-refractivity contribution in [1.82, 2.24) is 15.1 Å².